The van der Waals surface area contributed by atoms with E-state index in [9.17, 15) is 4.79 Å². The summed E-state index contributed by atoms with van der Waals surface area (Å²) >= 11 is 0. The number of carbonyl (C=O) groups is 1. The molecule has 0 bridgehead atoms. The maximum absolute atomic E-state index is 10.4. The molecule has 0 amide bonds. The average Bonchev–Trinajstić information content (AvgIpc) is 2.69. The Hall–Kier alpha value is -1.97. The second-order valence-electron chi connectivity index (χ2n) is 4.00. The molecule has 4 nitrogen and oxygen atoms in total. The van der Waals surface area contributed by atoms with Gasteiger partial charge in [-0.2, -0.15) is 0 Å². The van der Waals surface area contributed by atoms with Crippen molar-refractivity contribution >= 4 is 16.9 Å². The first-order chi connectivity index (χ1) is 8.19. The molecule has 4 heteroatoms. The zero-order chi connectivity index (χ0) is 12.3. The highest BCUT2D eigenvalue weighted by Gasteiger charge is 2.03. The summed E-state index contributed by atoms with van der Waals surface area (Å²) in [6.45, 7) is 0. The number of rotatable bonds is 5. The van der Waals surface area contributed by atoms with Crippen LogP contribution in [0.1, 0.15) is 18.5 Å². The highest BCUT2D eigenvalue weighted by Crippen LogP contribution is 2.21. The highest BCUT2D eigenvalue weighted by atomic mass is 16.5. The summed E-state index contributed by atoms with van der Waals surface area (Å²) in [5, 5.41) is 9.69. The van der Waals surface area contributed by atoms with Gasteiger partial charge in [-0.25, -0.2) is 0 Å². The standard InChI is InChI=1S/C13H15NO3/c1-17-11-6-5-9-7-10(14-12(9)8-11)3-2-4-13(15)16/h5-8,14H,2-4H2,1H3,(H,15,16). The fourth-order valence-electron chi connectivity index (χ4n) is 1.86. The van der Waals surface area contributed by atoms with Gasteiger partial charge in [-0.05, 0) is 36.4 Å². The maximum atomic E-state index is 10.4. The van der Waals surface area contributed by atoms with Crippen LogP contribution in [0.5, 0.6) is 5.75 Å². The molecule has 2 aromatic rings. The predicted molar refractivity (Wildman–Crippen MR) is 65.4 cm³/mol. The van der Waals surface area contributed by atoms with Gasteiger partial charge in [0.15, 0.2) is 0 Å². The number of nitrogens with one attached hydrogen (secondary N) is 1. The second-order valence-corrected chi connectivity index (χ2v) is 4.00. The number of methoxy groups -OCH3 is 1. The molecule has 0 aliphatic carbocycles. The average molecular weight is 233 g/mol. The lowest BCUT2D eigenvalue weighted by Gasteiger charge is -1.97. The van der Waals surface area contributed by atoms with E-state index in [1.54, 1.807) is 7.11 Å². The Morgan fingerprint density at radius 3 is 2.94 bits per heavy atom. The van der Waals surface area contributed by atoms with Gasteiger partial charge in [-0.1, -0.05) is 0 Å². The molecule has 90 valence electrons. The molecule has 0 saturated carbocycles. The molecule has 0 saturated heterocycles. The topological polar surface area (TPSA) is 62.3 Å². The van der Waals surface area contributed by atoms with Gasteiger partial charge < -0.3 is 14.8 Å². The fourth-order valence-corrected chi connectivity index (χ4v) is 1.86. The Bertz CT molecular complexity index is 530. The monoisotopic (exact) mass is 233 g/mol. The molecule has 0 aliphatic heterocycles. The van der Waals surface area contributed by atoms with Crippen LogP contribution in [0.25, 0.3) is 10.9 Å². The van der Waals surface area contributed by atoms with Crippen LogP contribution in [0.3, 0.4) is 0 Å². The maximum Gasteiger partial charge on any atom is 0.303 e. The van der Waals surface area contributed by atoms with Crippen molar-refractivity contribution in [3.05, 3.63) is 30.0 Å². The summed E-state index contributed by atoms with van der Waals surface area (Å²) in [6, 6.07) is 7.90. The first-order valence-corrected chi connectivity index (χ1v) is 5.56. The number of carboxylic acid groups (broad SMARTS) is 1. The molecule has 0 atom stereocenters. The molecular formula is C13H15NO3. The van der Waals surface area contributed by atoms with Gasteiger partial charge in [0, 0.05) is 23.7 Å². The number of fused-ring (bicyclic) bond motifs is 1. The van der Waals surface area contributed by atoms with E-state index in [0.717, 1.165) is 28.8 Å². The zero-order valence-electron chi connectivity index (χ0n) is 9.69. The molecule has 1 aromatic heterocycles. The summed E-state index contributed by atoms with van der Waals surface area (Å²) in [6.07, 6.45) is 1.61. The minimum Gasteiger partial charge on any atom is -0.497 e. The van der Waals surface area contributed by atoms with Crippen molar-refractivity contribution in [2.75, 3.05) is 7.11 Å². The van der Waals surface area contributed by atoms with Crippen molar-refractivity contribution in [1.82, 2.24) is 4.98 Å². The van der Waals surface area contributed by atoms with Crippen molar-refractivity contribution in [3.63, 3.8) is 0 Å². The van der Waals surface area contributed by atoms with Crippen LogP contribution in [0.4, 0.5) is 0 Å². The number of benzene rings is 1. The highest BCUT2D eigenvalue weighted by molar-refractivity contribution is 5.81. The van der Waals surface area contributed by atoms with Gasteiger partial charge >= 0.3 is 5.97 Å². The minimum absolute atomic E-state index is 0.207. The van der Waals surface area contributed by atoms with Gasteiger partial charge in [0.1, 0.15) is 5.75 Å². The number of aromatic nitrogens is 1. The second kappa shape index (κ2) is 4.91. The van der Waals surface area contributed by atoms with Crippen LogP contribution in [0.2, 0.25) is 0 Å². The van der Waals surface area contributed by atoms with E-state index < -0.39 is 5.97 Å². The number of carboxylic acids is 1. The molecule has 1 aromatic carbocycles. The molecular weight excluding hydrogens is 218 g/mol. The van der Waals surface area contributed by atoms with E-state index >= 15 is 0 Å². The lowest BCUT2D eigenvalue weighted by molar-refractivity contribution is -0.137. The number of aliphatic carboxylic acids is 1. The number of hydrogen-bond acceptors (Lipinski definition) is 2. The molecule has 2 N–H and O–H groups in total. The third-order valence-electron chi connectivity index (χ3n) is 2.72. The van der Waals surface area contributed by atoms with Gasteiger partial charge in [-0.15, -0.1) is 0 Å². The number of hydrogen-bond donors (Lipinski definition) is 2. The van der Waals surface area contributed by atoms with Crippen molar-refractivity contribution in [1.29, 1.82) is 0 Å². The van der Waals surface area contributed by atoms with Crippen LogP contribution >= 0.6 is 0 Å². The normalized spacial score (nSPS) is 10.6. The molecule has 0 fully saturated rings. The zero-order valence-corrected chi connectivity index (χ0v) is 9.69. The van der Waals surface area contributed by atoms with Gasteiger partial charge in [0.05, 0.1) is 7.11 Å². The lowest BCUT2D eigenvalue weighted by Crippen LogP contribution is -1.95. The number of H-pyrrole nitrogens is 1. The Kier molecular flexibility index (Phi) is 3.32. The van der Waals surface area contributed by atoms with Crippen molar-refractivity contribution in [2.45, 2.75) is 19.3 Å². The Morgan fingerprint density at radius 2 is 2.24 bits per heavy atom. The largest absolute Gasteiger partial charge is 0.497 e. The third kappa shape index (κ3) is 2.78. The predicted octanol–water partition coefficient (Wildman–Crippen LogP) is 2.58. The SMILES string of the molecule is COc1ccc2cc(CCCC(=O)O)[nH]c2c1. The fraction of sp³-hybridized carbons (Fsp3) is 0.308. The van der Waals surface area contributed by atoms with Crippen LogP contribution in [-0.4, -0.2) is 23.2 Å². The van der Waals surface area contributed by atoms with E-state index in [-0.39, 0.29) is 6.42 Å². The number of aryl methyl sites for hydroxylation is 1. The van der Waals surface area contributed by atoms with Gasteiger partial charge in [0.25, 0.3) is 0 Å². The Balaban J connectivity index is 2.11. The van der Waals surface area contributed by atoms with Crippen LogP contribution in [-0.2, 0) is 11.2 Å². The van der Waals surface area contributed by atoms with Crippen molar-refractivity contribution in [2.24, 2.45) is 0 Å². The quantitative estimate of drug-likeness (QED) is 0.834. The van der Waals surface area contributed by atoms with Crippen LogP contribution < -0.4 is 4.74 Å². The van der Waals surface area contributed by atoms with Crippen molar-refractivity contribution in [3.8, 4) is 5.75 Å². The summed E-state index contributed by atoms with van der Waals surface area (Å²) in [5.41, 5.74) is 2.09. The number of aromatic amines is 1. The van der Waals surface area contributed by atoms with Crippen LogP contribution in [0.15, 0.2) is 24.3 Å². The summed E-state index contributed by atoms with van der Waals surface area (Å²) in [5.74, 6) is 0.0687. The number of ether oxygens (including phenoxy) is 1. The van der Waals surface area contributed by atoms with E-state index in [0.29, 0.717) is 6.42 Å². The first-order valence-electron chi connectivity index (χ1n) is 5.56. The van der Waals surface area contributed by atoms with Gasteiger partial charge in [0.2, 0.25) is 0 Å². The molecule has 0 radical (unpaired) electrons. The van der Waals surface area contributed by atoms with E-state index in [4.69, 9.17) is 9.84 Å². The van der Waals surface area contributed by atoms with E-state index in [2.05, 4.69) is 11.1 Å². The Labute approximate surface area is 99.2 Å². The lowest BCUT2D eigenvalue weighted by atomic mass is 10.2. The molecule has 17 heavy (non-hydrogen) atoms. The van der Waals surface area contributed by atoms with Gasteiger partial charge in [-0.3, -0.25) is 4.79 Å². The molecule has 1 heterocycles. The first kappa shape index (κ1) is 11.5. The summed E-state index contributed by atoms with van der Waals surface area (Å²) < 4.78 is 5.15. The summed E-state index contributed by atoms with van der Waals surface area (Å²) in [7, 11) is 1.64. The van der Waals surface area contributed by atoms with Crippen molar-refractivity contribution < 1.29 is 14.6 Å². The third-order valence-corrected chi connectivity index (χ3v) is 2.72. The van der Waals surface area contributed by atoms with E-state index in [1.807, 2.05) is 18.2 Å². The van der Waals surface area contributed by atoms with Crippen LogP contribution in [0, 0.1) is 0 Å². The smallest absolute Gasteiger partial charge is 0.303 e. The molecule has 2 rings (SSSR count). The molecule has 0 aliphatic rings. The Morgan fingerprint density at radius 1 is 1.41 bits per heavy atom. The summed E-state index contributed by atoms with van der Waals surface area (Å²) in [4.78, 5) is 13.7. The minimum atomic E-state index is -0.747. The van der Waals surface area contributed by atoms with E-state index in [1.165, 1.54) is 0 Å². The molecule has 0 unspecified atom stereocenters. The molecule has 0 spiro atoms.